The Balaban J connectivity index is 2.59. The molecule has 2 heterocycles. The van der Waals surface area contributed by atoms with Crippen molar-refractivity contribution in [2.45, 2.75) is 26.3 Å². The van der Waals surface area contributed by atoms with Gasteiger partial charge in [-0.1, -0.05) is 24.8 Å². The van der Waals surface area contributed by atoms with Crippen LogP contribution in [0.1, 0.15) is 26.3 Å². The molecule has 5 heteroatoms. The van der Waals surface area contributed by atoms with Crippen LogP contribution in [0.2, 0.25) is 5.15 Å². The van der Waals surface area contributed by atoms with Gasteiger partial charge in [0.15, 0.2) is 11.0 Å². The molecule has 0 saturated carbocycles. The second-order valence-corrected chi connectivity index (χ2v) is 5.53. The summed E-state index contributed by atoms with van der Waals surface area (Å²) in [5.41, 5.74) is 1.32. The van der Waals surface area contributed by atoms with Crippen molar-refractivity contribution < 1.29 is 4.39 Å². The van der Waals surface area contributed by atoms with Crippen LogP contribution < -0.4 is 5.32 Å². The van der Waals surface area contributed by atoms with Gasteiger partial charge >= 0.3 is 0 Å². The number of nitrogens with zero attached hydrogens (tertiary/aromatic N) is 2. The molecule has 1 aliphatic rings. The number of pyridine rings is 1. The van der Waals surface area contributed by atoms with Gasteiger partial charge in [0, 0.05) is 23.0 Å². The van der Waals surface area contributed by atoms with Gasteiger partial charge in [-0.3, -0.25) is 0 Å². The van der Waals surface area contributed by atoms with Gasteiger partial charge in [-0.05, 0) is 20.8 Å². The predicted molar refractivity (Wildman–Crippen MR) is 72.6 cm³/mol. The lowest BCUT2D eigenvalue weighted by atomic mass is 10.0. The van der Waals surface area contributed by atoms with Crippen molar-refractivity contribution in [1.82, 2.24) is 9.88 Å². The molecule has 0 fully saturated rings. The van der Waals surface area contributed by atoms with Crippen LogP contribution >= 0.6 is 11.6 Å². The molecule has 0 spiro atoms. The summed E-state index contributed by atoms with van der Waals surface area (Å²) in [7, 11) is 0. The van der Waals surface area contributed by atoms with Gasteiger partial charge in [0.05, 0.1) is 5.69 Å². The zero-order valence-electron chi connectivity index (χ0n) is 10.6. The fourth-order valence-corrected chi connectivity index (χ4v) is 2.24. The lowest BCUT2D eigenvalue weighted by Crippen LogP contribution is -2.43. The van der Waals surface area contributed by atoms with E-state index in [0.29, 0.717) is 17.1 Å². The molecule has 96 valence electrons. The highest BCUT2D eigenvalue weighted by atomic mass is 35.5. The van der Waals surface area contributed by atoms with Gasteiger partial charge in [-0.2, -0.15) is 0 Å². The predicted octanol–water partition coefficient (Wildman–Crippen LogP) is 3.84. The third kappa shape index (κ3) is 1.86. The van der Waals surface area contributed by atoms with E-state index in [9.17, 15) is 4.39 Å². The van der Waals surface area contributed by atoms with E-state index in [-0.39, 0.29) is 16.4 Å². The standard InChI is InChI=1S/C13H15ClFN3/c1-7-9-6-16-12(14)10(15)11(9)17-8(2)18(7)13(3,4)5/h6,17H,1-2H2,3-5H3. The van der Waals surface area contributed by atoms with E-state index < -0.39 is 5.82 Å². The normalized spacial score (nSPS) is 15.5. The number of aromatic nitrogens is 1. The molecule has 0 unspecified atom stereocenters. The molecular weight excluding hydrogens is 253 g/mol. The van der Waals surface area contributed by atoms with Crippen molar-refractivity contribution in [2.75, 3.05) is 5.32 Å². The first-order valence-corrected chi connectivity index (χ1v) is 5.90. The van der Waals surface area contributed by atoms with Crippen molar-refractivity contribution in [3.63, 3.8) is 0 Å². The van der Waals surface area contributed by atoms with Crippen molar-refractivity contribution in [3.05, 3.63) is 41.7 Å². The van der Waals surface area contributed by atoms with Gasteiger partial charge < -0.3 is 10.2 Å². The summed E-state index contributed by atoms with van der Waals surface area (Å²) < 4.78 is 13.9. The van der Waals surface area contributed by atoms with Crippen LogP contribution in [0.15, 0.2) is 25.2 Å². The van der Waals surface area contributed by atoms with Crippen molar-refractivity contribution in [1.29, 1.82) is 0 Å². The Kier molecular flexibility index (Phi) is 2.86. The number of rotatable bonds is 0. The van der Waals surface area contributed by atoms with Crippen LogP contribution in [0.25, 0.3) is 5.70 Å². The first-order valence-electron chi connectivity index (χ1n) is 5.53. The number of fused-ring (bicyclic) bond motifs is 1. The van der Waals surface area contributed by atoms with Crippen LogP contribution in [0, 0.1) is 5.82 Å². The third-order valence-electron chi connectivity index (χ3n) is 2.77. The van der Waals surface area contributed by atoms with Gasteiger partial charge in [0.1, 0.15) is 5.82 Å². The van der Waals surface area contributed by atoms with Gasteiger partial charge in [0.25, 0.3) is 0 Å². The van der Waals surface area contributed by atoms with Gasteiger partial charge in [0.2, 0.25) is 0 Å². The molecule has 0 aliphatic carbocycles. The van der Waals surface area contributed by atoms with E-state index >= 15 is 0 Å². The largest absolute Gasteiger partial charge is 0.339 e. The van der Waals surface area contributed by atoms with Gasteiger partial charge in [-0.25, -0.2) is 9.37 Å². The maximum absolute atomic E-state index is 13.9. The smallest absolute Gasteiger partial charge is 0.184 e. The quantitative estimate of drug-likeness (QED) is 0.724. The van der Waals surface area contributed by atoms with Crippen LogP contribution in [0.5, 0.6) is 0 Å². The fourth-order valence-electron chi connectivity index (χ4n) is 2.10. The topological polar surface area (TPSA) is 28.2 Å². The Bertz CT molecular complexity index is 546. The van der Waals surface area contributed by atoms with E-state index in [1.165, 1.54) is 6.20 Å². The lowest BCUT2D eigenvalue weighted by molar-refractivity contribution is 0.275. The molecule has 1 aromatic heterocycles. The number of anilines is 1. The zero-order chi connectivity index (χ0) is 13.7. The highest BCUT2D eigenvalue weighted by Gasteiger charge is 2.32. The highest BCUT2D eigenvalue weighted by Crippen LogP contribution is 2.40. The number of hydrogen-bond donors (Lipinski definition) is 1. The number of hydrogen-bond acceptors (Lipinski definition) is 3. The average Bonchev–Trinajstić information content (AvgIpc) is 2.22. The van der Waals surface area contributed by atoms with E-state index in [0.717, 1.165) is 0 Å². The summed E-state index contributed by atoms with van der Waals surface area (Å²) in [6, 6.07) is 0. The molecule has 18 heavy (non-hydrogen) atoms. The summed E-state index contributed by atoms with van der Waals surface area (Å²) in [5, 5.41) is 2.77. The third-order valence-corrected chi connectivity index (χ3v) is 3.03. The fraction of sp³-hybridized carbons (Fsp3) is 0.308. The van der Waals surface area contributed by atoms with Crippen molar-refractivity contribution in [3.8, 4) is 0 Å². The van der Waals surface area contributed by atoms with Crippen molar-refractivity contribution >= 4 is 23.0 Å². The second kappa shape index (κ2) is 3.99. The summed E-state index contributed by atoms with van der Waals surface area (Å²) in [6.07, 6.45) is 1.52. The molecule has 0 atom stereocenters. The monoisotopic (exact) mass is 267 g/mol. The lowest BCUT2D eigenvalue weighted by Gasteiger charge is -2.43. The van der Waals surface area contributed by atoms with E-state index in [2.05, 4.69) is 23.5 Å². The summed E-state index contributed by atoms with van der Waals surface area (Å²) in [5.74, 6) is -0.00816. The first-order chi connectivity index (χ1) is 8.23. The van der Waals surface area contributed by atoms with Crippen molar-refractivity contribution in [2.24, 2.45) is 0 Å². The molecule has 0 radical (unpaired) electrons. The molecule has 1 aliphatic heterocycles. The Morgan fingerprint density at radius 2 is 2.00 bits per heavy atom. The highest BCUT2D eigenvalue weighted by molar-refractivity contribution is 6.29. The Morgan fingerprint density at radius 3 is 2.56 bits per heavy atom. The van der Waals surface area contributed by atoms with Crippen LogP contribution in [-0.2, 0) is 0 Å². The molecule has 1 aromatic rings. The van der Waals surface area contributed by atoms with E-state index in [1.807, 2.05) is 25.7 Å². The van der Waals surface area contributed by atoms with Gasteiger partial charge in [-0.15, -0.1) is 0 Å². The molecule has 0 saturated heterocycles. The molecule has 0 aromatic carbocycles. The minimum atomic E-state index is -0.579. The number of halogens is 2. The Hall–Kier alpha value is -1.55. The first kappa shape index (κ1) is 12.9. The van der Waals surface area contributed by atoms with Crippen LogP contribution in [-0.4, -0.2) is 15.4 Å². The Morgan fingerprint density at radius 1 is 1.39 bits per heavy atom. The number of nitrogens with one attached hydrogen (secondary N) is 1. The molecule has 0 bridgehead atoms. The zero-order valence-corrected chi connectivity index (χ0v) is 11.4. The minimum Gasteiger partial charge on any atom is -0.339 e. The SMILES string of the molecule is C=C1Nc2c(cnc(Cl)c2F)C(=C)N1C(C)(C)C. The summed E-state index contributed by atoms with van der Waals surface area (Å²) in [6.45, 7) is 14.0. The Labute approximate surface area is 111 Å². The summed E-state index contributed by atoms with van der Waals surface area (Å²) in [4.78, 5) is 5.72. The molecule has 3 nitrogen and oxygen atoms in total. The second-order valence-electron chi connectivity index (χ2n) is 5.18. The maximum atomic E-state index is 13.9. The van der Waals surface area contributed by atoms with Crippen LogP contribution in [0.3, 0.4) is 0 Å². The molecule has 0 amide bonds. The minimum absolute atomic E-state index is 0.161. The molecule has 2 rings (SSSR count). The maximum Gasteiger partial charge on any atom is 0.184 e. The van der Waals surface area contributed by atoms with E-state index in [4.69, 9.17) is 11.6 Å². The van der Waals surface area contributed by atoms with Crippen LogP contribution in [0.4, 0.5) is 10.1 Å². The van der Waals surface area contributed by atoms with E-state index in [1.54, 1.807) is 0 Å². The molecule has 1 N–H and O–H groups in total. The molecular formula is C13H15ClFN3. The summed E-state index contributed by atoms with van der Waals surface area (Å²) >= 11 is 5.67. The average molecular weight is 268 g/mol.